The Kier molecular flexibility index (Phi) is 4.26. The summed E-state index contributed by atoms with van der Waals surface area (Å²) in [7, 11) is 0. The molecule has 0 amide bonds. The Bertz CT molecular complexity index is 110. The van der Waals surface area contributed by atoms with Gasteiger partial charge in [0, 0.05) is 25.4 Å². The third kappa shape index (κ3) is 3.45. The van der Waals surface area contributed by atoms with Crippen LogP contribution >= 0.6 is 12.6 Å². The van der Waals surface area contributed by atoms with Gasteiger partial charge >= 0.3 is 0 Å². The fourth-order valence-corrected chi connectivity index (χ4v) is 1.69. The highest BCUT2D eigenvalue weighted by atomic mass is 32.1. The molecule has 1 atom stereocenters. The molecule has 1 rings (SSSR count). The molecule has 1 aliphatic rings. The van der Waals surface area contributed by atoms with Gasteiger partial charge in [0.25, 0.3) is 0 Å². The molecular weight excluding hydrogens is 158 g/mol. The highest BCUT2D eigenvalue weighted by molar-refractivity contribution is 7.80. The van der Waals surface area contributed by atoms with E-state index < -0.39 is 0 Å². The average molecular weight is 175 g/mol. The van der Waals surface area contributed by atoms with Gasteiger partial charge in [-0.3, -0.25) is 4.90 Å². The van der Waals surface area contributed by atoms with Crippen molar-refractivity contribution in [2.45, 2.75) is 6.92 Å². The molecule has 0 saturated carbocycles. The lowest BCUT2D eigenvalue weighted by Gasteiger charge is -2.19. The third-order valence-electron chi connectivity index (χ3n) is 1.94. The molecular formula is C8H17NOS. The van der Waals surface area contributed by atoms with Gasteiger partial charge in [-0.2, -0.15) is 12.6 Å². The Labute approximate surface area is 74.3 Å². The number of nitrogens with zero attached hydrogens (tertiary/aromatic N) is 1. The van der Waals surface area contributed by atoms with Crippen LogP contribution in [0, 0.1) is 5.92 Å². The van der Waals surface area contributed by atoms with Crippen molar-refractivity contribution in [2.75, 3.05) is 38.6 Å². The van der Waals surface area contributed by atoms with E-state index in [9.17, 15) is 0 Å². The van der Waals surface area contributed by atoms with E-state index in [1.165, 1.54) is 6.54 Å². The van der Waals surface area contributed by atoms with Gasteiger partial charge in [0.05, 0.1) is 13.2 Å². The van der Waals surface area contributed by atoms with Crippen molar-refractivity contribution in [3.05, 3.63) is 0 Å². The zero-order valence-electron chi connectivity index (χ0n) is 7.12. The molecule has 1 heterocycles. The van der Waals surface area contributed by atoms with Crippen LogP contribution in [0.5, 0.6) is 0 Å². The number of hydrogen-bond donors (Lipinski definition) is 1. The maximum Gasteiger partial charge on any atom is 0.0593 e. The van der Waals surface area contributed by atoms with Gasteiger partial charge in [0.2, 0.25) is 0 Å². The summed E-state index contributed by atoms with van der Waals surface area (Å²) in [5.74, 6) is 1.63. The van der Waals surface area contributed by atoms with E-state index >= 15 is 0 Å². The molecule has 0 bridgehead atoms. The third-order valence-corrected chi connectivity index (χ3v) is 2.14. The van der Waals surface area contributed by atoms with Crippen molar-refractivity contribution in [3.63, 3.8) is 0 Å². The molecule has 0 aliphatic carbocycles. The molecule has 0 radical (unpaired) electrons. The summed E-state index contributed by atoms with van der Waals surface area (Å²) in [4.78, 5) is 2.42. The zero-order valence-corrected chi connectivity index (χ0v) is 8.02. The largest absolute Gasteiger partial charge is 0.380 e. The van der Waals surface area contributed by atoms with Gasteiger partial charge in [0.15, 0.2) is 0 Å². The predicted octanol–water partition coefficient (Wildman–Crippen LogP) is 0.885. The first-order valence-corrected chi connectivity index (χ1v) is 4.87. The highest BCUT2D eigenvalue weighted by Gasteiger charge is 2.13. The Hall–Kier alpha value is 0.270. The molecule has 3 heteroatoms. The lowest BCUT2D eigenvalue weighted by Crippen LogP contribution is -2.30. The van der Waals surface area contributed by atoms with Crippen LogP contribution in [0.3, 0.4) is 0 Å². The molecule has 11 heavy (non-hydrogen) atoms. The summed E-state index contributed by atoms with van der Waals surface area (Å²) in [6.07, 6.45) is 0. The lowest BCUT2D eigenvalue weighted by atomic mass is 10.2. The molecule has 1 unspecified atom stereocenters. The van der Waals surface area contributed by atoms with Gasteiger partial charge in [-0.15, -0.1) is 0 Å². The van der Waals surface area contributed by atoms with Crippen LogP contribution in [0.1, 0.15) is 6.92 Å². The van der Waals surface area contributed by atoms with Crippen molar-refractivity contribution in [1.82, 2.24) is 4.90 Å². The van der Waals surface area contributed by atoms with Crippen LogP contribution in [-0.4, -0.2) is 43.5 Å². The molecule has 1 aliphatic heterocycles. The first-order chi connectivity index (χ1) is 5.33. The first-order valence-electron chi connectivity index (χ1n) is 4.24. The maximum atomic E-state index is 5.42. The van der Waals surface area contributed by atoms with Crippen molar-refractivity contribution in [1.29, 1.82) is 0 Å². The van der Waals surface area contributed by atoms with Crippen LogP contribution in [0.2, 0.25) is 0 Å². The SMILES string of the molecule is CC1COCCN(CCS)C1. The van der Waals surface area contributed by atoms with Crippen LogP contribution in [0.4, 0.5) is 0 Å². The highest BCUT2D eigenvalue weighted by Crippen LogP contribution is 2.05. The van der Waals surface area contributed by atoms with Crippen LogP contribution < -0.4 is 0 Å². The second-order valence-electron chi connectivity index (χ2n) is 3.20. The summed E-state index contributed by atoms with van der Waals surface area (Å²) >= 11 is 4.21. The molecule has 0 aromatic rings. The Balaban J connectivity index is 2.27. The van der Waals surface area contributed by atoms with E-state index in [2.05, 4.69) is 24.5 Å². The normalized spacial score (nSPS) is 28.4. The van der Waals surface area contributed by atoms with E-state index in [0.717, 1.165) is 32.1 Å². The van der Waals surface area contributed by atoms with Gasteiger partial charge < -0.3 is 4.74 Å². The molecule has 0 spiro atoms. The minimum absolute atomic E-state index is 0.678. The monoisotopic (exact) mass is 175 g/mol. The lowest BCUT2D eigenvalue weighted by molar-refractivity contribution is 0.126. The molecule has 1 fully saturated rings. The van der Waals surface area contributed by atoms with Gasteiger partial charge in [-0.05, 0) is 5.92 Å². The number of thiol groups is 1. The minimum atomic E-state index is 0.678. The van der Waals surface area contributed by atoms with Crippen molar-refractivity contribution < 1.29 is 4.74 Å². The molecule has 66 valence electrons. The van der Waals surface area contributed by atoms with E-state index in [4.69, 9.17) is 4.74 Å². The Morgan fingerprint density at radius 2 is 2.45 bits per heavy atom. The number of ether oxygens (including phenoxy) is 1. The first kappa shape index (κ1) is 9.36. The van der Waals surface area contributed by atoms with E-state index in [1.54, 1.807) is 0 Å². The summed E-state index contributed by atoms with van der Waals surface area (Å²) < 4.78 is 5.42. The fraction of sp³-hybridized carbons (Fsp3) is 1.00. The Morgan fingerprint density at radius 1 is 1.64 bits per heavy atom. The smallest absolute Gasteiger partial charge is 0.0593 e. The van der Waals surface area contributed by atoms with Gasteiger partial charge in [-0.1, -0.05) is 6.92 Å². The maximum absolute atomic E-state index is 5.42. The second kappa shape index (κ2) is 5.01. The molecule has 0 aromatic heterocycles. The Morgan fingerprint density at radius 3 is 3.18 bits per heavy atom. The van der Waals surface area contributed by atoms with E-state index in [-0.39, 0.29) is 0 Å². The zero-order chi connectivity index (χ0) is 8.10. The summed E-state index contributed by atoms with van der Waals surface area (Å²) in [5, 5.41) is 0. The number of hydrogen-bond acceptors (Lipinski definition) is 3. The fourth-order valence-electron chi connectivity index (χ4n) is 1.41. The quantitative estimate of drug-likeness (QED) is 0.626. The minimum Gasteiger partial charge on any atom is -0.380 e. The van der Waals surface area contributed by atoms with Gasteiger partial charge in [-0.25, -0.2) is 0 Å². The standard InChI is InChI=1S/C8H17NOS/c1-8-6-9(3-5-11)2-4-10-7-8/h8,11H,2-7H2,1H3. The predicted molar refractivity (Wildman–Crippen MR) is 50.3 cm³/mol. The molecule has 0 N–H and O–H groups in total. The molecule has 2 nitrogen and oxygen atoms in total. The summed E-state index contributed by atoms with van der Waals surface area (Å²) in [6.45, 7) is 7.38. The van der Waals surface area contributed by atoms with E-state index in [1.807, 2.05) is 0 Å². The second-order valence-corrected chi connectivity index (χ2v) is 3.65. The van der Waals surface area contributed by atoms with Crippen LogP contribution in [0.25, 0.3) is 0 Å². The molecule has 1 saturated heterocycles. The summed E-state index contributed by atoms with van der Waals surface area (Å²) in [5.41, 5.74) is 0. The average Bonchev–Trinajstić information content (AvgIpc) is 2.15. The van der Waals surface area contributed by atoms with Crippen LogP contribution in [0.15, 0.2) is 0 Å². The van der Waals surface area contributed by atoms with Gasteiger partial charge in [0.1, 0.15) is 0 Å². The van der Waals surface area contributed by atoms with Crippen molar-refractivity contribution >= 4 is 12.6 Å². The van der Waals surface area contributed by atoms with Crippen LogP contribution in [-0.2, 0) is 4.74 Å². The topological polar surface area (TPSA) is 12.5 Å². The van der Waals surface area contributed by atoms with E-state index in [0.29, 0.717) is 5.92 Å². The van der Waals surface area contributed by atoms with Crippen molar-refractivity contribution in [2.24, 2.45) is 5.92 Å². The van der Waals surface area contributed by atoms with Crippen molar-refractivity contribution in [3.8, 4) is 0 Å². The molecule has 0 aromatic carbocycles. The number of rotatable bonds is 2. The summed E-state index contributed by atoms with van der Waals surface area (Å²) in [6, 6.07) is 0.